The number of likely N-dealkylation sites (N-methyl/N-ethyl adjacent to an activating group) is 1. The first-order valence-corrected chi connectivity index (χ1v) is 13.3. The Kier molecular flexibility index (Phi) is 9.34. The minimum Gasteiger partial charge on any atom is -0.391 e. The molecule has 4 nitrogen and oxygen atoms in total. The molecule has 1 aromatic rings. The molecule has 0 aliphatic heterocycles. The van der Waals surface area contributed by atoms with E-state index in [-0.39, 0.29) is 6.61 Å². The summed E-state index contributed by atoms with van der Waals surface area (Å²) in [5.74, 6) is 0. The number of hydrogen-bond acceptors (Lipinski definition) is 1. The molecule has 4 heteroatoms. The molecule has 0 spiro atoms. The van der Waals surface area contributed by atoms with Crippen molar-refractivity contribution >= 4 is 0 Å². The Morgan fingerprint density at radius 1 is 0.600 bits per heavy atom. The van der Waals surface area contributed by atoms with Crippen LogP contribution in [0.2, 0.25) is 0 Å². The second-order valence-corrected chi connectivity index (χ2v) is 12.7. The van der Waals surface area contributed by atoms with E-state index in [0.717, 1.165) is 65.6 Å². The maximum absolute atomic E-state index is 9.55. The minimum absolute atomic E-state index is 0.225. The van der Waals surface area contributed by atoms with E-state index in [1.54, 1.807) is 11.1 Å². The molecule has 0 amide bonds. The lowest BCUT2D eigenvalue weighted by molar-refractivity contribution is -0.905. The molecule has 2 aliphatic rings. The highest BCUT2D eigenvalue weighted by molar-refractivity contribution is 5.29. The van der Waals surface area contributed by atoms with E-state index in [2.05, 4.69) is 96.9 Å². The summed E-state index contributed by atoms with van der Waals surface area (Å²) in [4.78, 5) is 0. The Morgan fingerprint density at radius 3 is 1.29 bits per heavy atom. The first-order chi connectivity index (χ1) is 16.5. The van der Waals surface area contributed by atoms with Crippen LogP contribution in [0.25, 0.3) is 0 Å². The number of aliphatic hydroxyl groups is 1. The molecule has 3 rings (SSSR count). The molecule has 0 saturated heterocycles. The SMILES string of the molecule is C[N+](C)(CCO)Cc1cc(C[N+](C)(C)CCC2=CC=CC2)cc(C[N+](C)(C)CCC2=CC=CC2)c1. The molecule has 1 aromatic carbocycles. The van der Waals surface area contributed by atoms with Gasteiger partial charge in [0.25, 0.3) is 0 Å². The number of quaternary nitrogens is 3. The molecule has 0 atom stereocenters. The summed E-state index contributed by atoms with van der Waals surface area (Å²) in [6, 6.07) is 7.31. The summed E-state index contributed by atoms with van der Waals surface area (Å²) in [6.07, 6.45) is 18.1. The van der Waals surface area contributed by atoms with E-state index in [0.29, 0.717) is 0 Å². The van der Waals surface area contributed by atoms with Gasteiger partial charge in [0.05, 0.1) is 62.0 Å². The lowest BCUT2D eigenvalue weighted by Gasteiger charge is -2.33. The topological polar surface area (TPSA) is 20.2 Å². The molecule has 1 N–H and O–H groups in total. The van der Waals surface area contributed by atoms with Gasteiger partial charge >= 0.3 is 0 Å². The number of nitrogens with zero attached hydrogens (tertiary/aromatic N) is 3. The molecule has 0 bridgehead atoms. The summed E-state index contributed by atoms with van der Waals surface area (Å²) in [5, 5.41) is 9.55. The lowest BCUT2D eigenvalue weighted by atomic mass is 10.0. The highest BCUT2D eigenvalue weighted by Crippen LogP contribution is 2.23. The Balaban J connectivity index is 1.75. The van der Waals surface area contributed by atoms with Crippen LogP contribution in [-0.4, -0.2) is 87.1 Å². The van der Waals surface area contributed by atoms with Gasteiger partial charge in [-0.2, -0.15) is 0 Å². The molecule has 35 heavy (non-hydrogen) atoms. The number of hydrogen-bond donors (Lipinski definition) is 1. The van der Waals surface area contributed by atoms with Crippen molar-refractivity contribution in [1.82, 2.24) is 0 Å². The average molecular weight is 481 g/mol. The predicted molar refractivity (Wildman–Crippen MR) is 148 cm³/mol. The summed E-state index contributed by atoms with van der Waals surface area (Å²) >= 11 is 0. The van der Waals surface area contributed by atoms with Crippen molar-refractivity contribution in [3.8, 4) is 0 Å². The fourth-order valence-electron chi connectivity index (χ4n) is 5.35. The molecule has 0 heterocycles. The summed E-state index contributed by atoms with van der Waals surface area (Å²) in [5.41, 5.74) is 7.38. The third kappa shape index (κ3) is 9.53. The number of allylic oxidation sites excluding steroid dienone is 6. The van der Waals surface area contributed by atoms with Gasteiger partial charge in [-0.1, -0.05) is 47.6 Å². The van der Waals surface area contributed by atoms with Gasteiger partial charge in [-0.25, -0.2) is 0 Å². The zero-order valence-corrected chi connectivity index (χ0v) is 23.3. The van der Waals surface area contributed by atoms with E-state index in [1.165, 1.54) is 29.5 Å². The Hall–Kier alpha value is -1.98. The van der Waals surface area contributed by atoms with Crippen LogP contribution in [0.4, 0.5) is 0 Å². The maximum Gasteiger partial charge on any atom is 0.104 e. The summed E-state index contributed by atoms with van der Waals surface area (Å²) < 4.78 is 2.79. The third-order valence-electron chi connectivity index (χ3n) is 7.42. The van der Waals surface area contributed by atoms with Crippen molar-refractivity contribution in [2.45, 2.75) is 45.3 Å². The van der Waals surface area contributed by atoms with Gasteiger partial charge in [0.1, 0.15) is 26.2 Å². The summed E-state index contributed by atoms with van der Waals surface area (Å²) in [6.45, 7) is 6.34. The molecule has 2 aliphatic carbocycles. The van der Waals surface area contributed by atoms with Crippen LogP contribution in [0, 0.1) is 0 Å². The van der Waals surface area contributed by atoms with Crippen LogP contribution in [0.1, 0.15) is 42.4 Å². The van der Waals surface area contributed by atoms with Crippen LogP contribution >= 0.6 is 0 Å². The highest BCUT2D eigenvalue weighted by Gasteiger charge is 2.23. The fourth-order valence-corrected chi connectivity index (χ4v) is 5.35. The zero-order chi connectivity index (χ0) is 25.5. The first kappa shape index (κ1) is 27.6. The molecular formula is C31H50N3O+3. The minimum atomic E-state index is 0.225. The predicted octanol–water partition coefficient (Wildman–Crippen LogP) is 4.96. The highest BCUT2D eigenvalue weighted by atomic mass is 16.3. The van der Waals surface area contributed by atoms with Crippen LogP contribution in [0.5, 0.6) is 0 Å². The Bertz CT molecular complexity index is 913. The smallest absolute Gasteiger partial charge is 0.104 e. The van der Waals surface area contributed by atoms with Gasteiger partial charge in [-0.05, 0) is 31.0 Å². The van der Waals surface area contributed by atoms with Crippen LogP contribution < -0.4 is 0 Å². The van der Waals surface area contributed by atoms with E-state index >= 15 is 0 Å². The molecule has 0 radical (unpaired) electrons. The van der Waals surface area contributed by atoms with E-state index in [1.807, 2.05) is 0 Å². The Labute approximate surface area is 214 Å². The normalized spacial score (nSPS) is 16.2. The lowest BCUT2D eigenvalue weighted by Crippen LogP contribution is -2.42. The monoisotopic (exact) mass is 480 g/mol. The fraction of sp³-hybridized carbons (Fsp3) is 0.548. The molecule has 0 unspecified atom stereocenters. The van der Waals surface area contributed by atoms with Crippen LogP contribution in [0.15, 0.2) is 65.8 Å². The van der Waals surface area contributed by atoms with Crippen molar-refractivity contribution in [3.63, 3.8) is 0 Å². The van der Waals surface area contributed by atoms with Crippen LogP contribution in [0.3, 0.4) is 0 Å². The third-order valence-corrected chi connectivity index (χ3v) is 7.42. The molecular weight excluding hydrogens is 430 g/mol. The van der Waals surface area contributed by atoms with Gasteiger partial charge < -0.3 is 18.6 Å². The van der Waals surface area contributed by atoms with E-state index < -0.39 is 0 Å². The van der Waals surface area contributed by atoms with Gasteiger partial charge in [-0.3, -0.25) is 0 Å². The quantitative estimate of drug-likeness (QED) is 0.373. The standard InChI is InChI=1S/C31H50N3O/c1-32(2,17-15-27-11-7-8-12-27)24-29-21-30(23-31(22-29)26-34(5,6)19-20-35)25-33(3,4)18-16-28-13-9-10-14-28/h7-11,13,21-23,35H,12,14-20,24-26H2,1-6H3/q+3. The summed E-state index contributed by atoms with van der Waals surface area (Å²) in [7, 11) is 13.9. The van der Waals surface area contributed by atoms with Gasteiger partial charge in [-0.15, -0.1) is 0 Å². The van der Waals surface area contributed by atoms with Crippen molar-refractivity contribution < 1.29 is 18.6 Å². The Morgan fingerprint density at radius 2 is 0.971 bits per heavy atom. The van der Waals surface area contributed by atoms with Crippen molar-refractivity contribution in [3.05, 3.63) is 82.5 Å². The van der Waals surface area contributed by atoms with E-state index in [9.17, 15) is 5.11 Å². The van der Waals surface area contributed by atoms with Gasteiger partial charge in [0, 0.05) is 29.5 Å². The molecule has 0 aromatic heterocycles. The van der Waals surface area contributed by atoms with Crippen molar-refractivity contribution in [2.24, 2.45) is 0 Å². The molecule has 192 valence electrons. The number of rotatable bonds is 14. The van der Waals surface area contributed by atoms with Gasteiger partial charge in [0.15, 0.2) is 0 Å². The average Bonchev–Trinajstić information content (AvgIpc) is 3.44. The number of aliphatic hydroxyl groups excluding tert-OH is 1. The molecule has 0 fully saturated rings. The first-order valence-electron chi connectivity index (χ1n) is 13.3. The van der Waals surface area contributed by atoms with Gasteiger partial charge in [0.2, 0.25) is 0 Å². The van der Waals surface area contributed by atoms with E-state index in [4.69, 9.17) is 0 Å². The zero-order valence-electron chi connectivity index (χ0n) is 23.3. The largest absolute Gasteiger partial charge is 0.391 e. The number of benzene rings is 1. The second-order valence-electron chi connectivity index (χ2n) is 12.7. The van der Waals surface area contributed by atoms with Crippen molar-refractivity contribution in [2.75, 3.05) is 68.5 Å². The maximum atomic E-state index is 9.55. The van der Waals surface area contributed by atoms with Crippen LogP contribution in [-0.2, 0) is 19.6 Å². The second kappa shape index (κ2) is 11.8. The van der Waals surface area contributed by atoms with Crippen molar-refractivity contribution in [1.29, 1.82) is 0 Å². The molecule has 0 saturated carbocycles.